The number of nitrogens with zero attached hydrogens (tertiary/aromatic N) is 4. The fraction of sp³-hybridized carbons (Fsp3) is 0.267. The highest BCUT2D eigenvalue weighted by molar-refractivity contribution is 5.94. The molecule has 0 unspecified atom stereocenters. The highest BCUT2D eigenvalue weighted by Crippen LogP contribution is 2.24. The van der Waals surface area contributed by atoms with Gasteiger partial charge in [0.1, 0.15) is 18.1 Å². The lowest BCUT2D eigenvalue weighted by atomic mass is 10.2. The van der Waals surface area contributed by atoms with Crippen molar-refractivity contribution < 1.29 is 4.79 Å². The lowest BCUT2D eigenvalue weighted by Crippen LogP contribution is -2.22. The Balaban J connectivity index is 1.52. The summed E-state index contributed by atoms with van der Waals surface area (Å²) in [4.78, 5) is 12.3. The van der Waals surface area contributed by atoms with Crippen molar-refractivity contribution in [1.29, 1.82) is 0 Å². The van der Waals surface area contributed by atoms with Gasteiger partial charge in [-0.2, -0.15) is 10.2 Å². The molecule has 1 aromatic carbocycles. The van der Waals surface area contributed by atoms with Crippen LogP contribution in [-0.4, -0.2) is 32.0 Å². The van der Waals surface area contributed by atoms with Gasteiger partial charge in [0.05, 0.1) is 17.9 Å². The van der Waals surface area contributed by atoms with Crippen LogP contribution in [0.25, 0.3) is 10.9 Å². The van der Waals surface area contributed by atoms with Crippen LogP contribution in [-0.2, 0) is 17.9 Å². The molecule has 2 N–H and O–H groups in total. The Morgan fingerprint density at radius 1 is 1.27 bits per heavy atom. The third-order valence-electron chi connectivity index (χ3n) is 3.80. The van der Waals surface area contributed by atoms with E-state index in [1.807, 2.05) is 28.9 Å². The second kappa shape index (κ2) is 5.18. The zero-order valence-corrected chi connectivity index (χ0v) is 12.0. The maximum atomic E-state index is 12.3. The highest BCUT2D eigenvalue weighted by atomic mass is 16.2. The quantitative estimate of drug-likeness (QED) is 0.771. The number of rotatable bonds is 3. The van der Waals surface area contributed by atoms with Gasteiger partial charge >= 0.3 is 0 Å². The Morgan fingerprint density at radius 3 is 3.14 bits per heavy atom. The number of carbonyl (C=O) groups is 1. The van der Waals surface area contributed by atoms with E-state index in [1.165, 1.54) is 0 Å². The van der Waals surface area contributed by atoms with Crippen LogP contribution in [0.3, 0.4) is 0 Å². The van der Waals surface area contributed by atoms with E-state index in [1.54, 1.807) is 17.1 Å². The van der Waals surface area contributed by atoms with Crippen molar-refractivity contribution >= 4 is 28.3 Å². The number of benzene rings is 1. The van der Waals surface area contributed by atoms with Gasteiger partial charge in [0.25, 0.3) is 0 Å². The van der Waals surface area contributed by atoms with Crippen LogP contribution < -0.4 is 10.6 Å². The summed E-state index contributed by atoms with van der Waals surface area (Å²) in [6.45, 7) is 1.96. The maximum Gasteiger partial charge on any atom is 0.246 e. The van der Waals surface area contributed by atoms with Crippen LogP contribution in [0.5, 0.6) is 0 Å². The van der Waals surface area contributed by atoms with Gasteiger partial charge in [-0.3, -0.25) is 9.48 Å². The Morgan fingerprint density at radius 2 is 2.18 bits per heavy atom. The number of amides is 1. The Bertz CT molecular complexity index is 834. The summed E-state index contributed by atoms with van der Waals surface area (Å²) in [5.74, 6) is 0.766. The number of aryl methyl sites for hydroxylation is 1. The number of hydrogen-bond donors (Lipinski definition) is 2. The summed E-state index contributed by atoms with van der Waals surface area (Å²) < 4.78 is 3.58. The van der Waals surface area contributed by atoms with E-state index in [9.17, 15) is 4.79 Å². The largest absolute Gasteiger partial charge is 0.368 e. The molecule has 0 saturated heterocycles. The lowest BCUT2D eigenvalue weighted by Gasteiger charge is -2.17. The zero-order chi connectivity index (χ0) is 14.9. The molecule has 0 bridgehead atoms. The Labute approximate surface area is 126 Å². The number of para-hydroxylation sites is 1. The molecule has 112 valence electrons. The summed E-state index contributed by atoms with van der Waals surface area (Å²) in [5, 5.41) is 15.7. The first-order valence-electron chi connectivity index (χ1n) is 7.31. The van der Waals surface area contributed by atoms with E-state index < -0.39 is 0 Å². The van der Waals surface area contributed by atoms with E-state index in [2.05, 4.69) is 20.8 Å². The van der Waals surface area contributed by atoms with Crippen molar-refractivity contribution in [3.05, 3.63) is 36.7 Å². The van der Waals surface area contributed by atoms with Crippen LogP contribution in [0.2, 0.25) is 0 Å². The van der Waals surface area contributed by atoms with Crippen LogP contribution in [0.1, 0.15) is 6.42 Å². The molecule has 0 saturated carbocycles. The maximum absolute atomic E-state index is 12.3. The molecule has 7 nitrogen and oxygen atoms in total. The van der Waals surface area contributed by atoms with E-state index >= 15 is 0 Å². The van der Waals surface area contributed by atoms with Crippen molar-refractivity contribution in [3.8, 4) is 0 Å². The predicted octanol–water partition coefficient (Wildman–Crippen LogP) is 1.69. The monoisotopic (exact) mass is 296 g/mol. The van der Waals surface area contributed by atoms with E-state index in [0.29, 0.717) is 0 Å². The van der Waals surface area contributed by atoms with Crippen LogP contribution in [0.4, 0.5) is 11.5 Å². The lowest BCUT2D eigenvalue weighted by molar-refractivity contribution is -0.116. The van der Waals surface area contributed by atoms with Crippen LogP contribution >= 0.6 is 0 Å². The number of fused-ring (bicyclic) bond motifs is 2. The third-order valence-corrected chi connectivity index (χ3v) is 3.80. The first-order valence-corrected chi connectivity index (χ1v) is 7.31. The molecule has 1 amide bonds. The molecule has 0 spiro atoms. The summed E-state index contributed by atoms with van der Waals surface area (Å²) >= 11 is 0. The van der Waals surface area contributed by atoms with Gasteiger partial charge in [0, 0.05) is 18.5 Å². The molecule has 0 radical (unpaired) electrons. The van der Waals surface area contributed by atoms with Gasteiger partial charge in [-0.05, 0) is 12.5 Å². The normalized spacial score (nSPS) is 13.6. The van der Waals surface area contributed by atoms with Gasteiger partial charge in [0.2, 0.25) is 5.91 Å². The minimum atomic E-state index is -0.114. The summed E-state index contributed by atoms with van der Waals surface area (Å²) in [5.41, 5.74) is 1.67. The molecule has 7 heteroatoms. The standard InChI is InChI=1S/C15H16N6O/c22-14(10-21-13-5-2-1-4-11(13)8-17-21)19-12-9-18-20-7-3-6-16-15(12)20/h1-2,4-5,8-9,16H,3,6-7,10H2,(H,19,22). The summed E-state index contributed by atoms with van der Waals surface area (Å²) in [7, 11) is 0. The molecule has 0 atom stereocenters. The molecule has 4 rings (SSSR count). The van der Waals surface area contributed by atoms with Gasteiger partial charge in [-0.1, -0.05) is 18.2 Å². The van der Waals surface area contributed by atoms with Crippen LogP contribution in [0, 0.1) is 0 Å². The number of carbonyl (C=O) groups excluding carboxylic acids is 1. The molecular weight excluding hydrogens is 280 g/mol. The van der Waals surface area contributed by atoms with Crippen molar-refractivity contribution in [1.82, 2.24) is 19.6 Å². The van der Waals surface area contributed by atoms with Crippen molar-refractivity contribution in [2.24, 2.45) is 0 Å². The van der Waals surface area contributed by atoms with Gasteiger partial charge in [0.15, 0.2) is 0 Å². The molecule has 1 aliphatic heterocycles. The van der Waals surface area contributed by atoms with Gasteiger partial charge in [-0.15, -0.1) is 0 Å². The second-order valence-electron chi connectivity index (χ2n) is 5.32. The number of hydrogen-bond acceptors (Lipinski definition) is 4. The fourth-order valence-electron chi connectivity index (χ4n) is 2.75. The van der Waals surface area contributed by atoms with E-state index in [4.69, 9.17) is 0 Å². The van der Waals surface area contributed by atoms with Gasteiger partial charge < -0.3 is 10.6 Å². The van der Waals surface area contributed by atoms with Crippen molar-refractivity contribution in [2.75, 3.05) is 17.2 Å². The van der Waals surface area contributed by atoms with Crippen molar-refractivity contribution in [3.63, 3.8) is 0 Å². The molecule has 0 fully saturated rings. The first-order chi connectivity index (χ1) is 10.8. The van der Waals surface area contributed by atoms with E-state index in [0.717, 1.165) is 41.9 Å². The molecule has 2 aromatic heterocycles. The van der Waals surface area contributed by atoms with Gasteiger partial charge in [-0.25, -0.2) is 4.68 Å². The SMILES string of the molecule is O=C(Cn1ncc2ccccc21)Nc1cnn2c1NCCC2. The fourth-order valence-corrected chi connectivity index (χ4v) is 2.75. The minimum absolute atomic E-state index is 0.114. The number of aromatic nitrogens is 4. The highest BCUT2D eigenvalue weighted by Gasteiger charge is 2.16. The molecule has 3 heterocycles. The molecular formula is C15H16N6O. The zero-order valence-electron chi connectivity index (χ0n) is 12.0. The second-order valence-corrected chi connectivity index (χ2v) is 5.32. The van der Waals surface area contributed by atoms with Crippen molar-refractivity contribution in [2.45, 2.75) is 19.5 Å². The Kier molecular flexibility index (Phi) is 3.03. The Hall–Kier alpha value is -2.83. The molecule has 3 aromatic rings. The smallest absolute Gasteiger partial charge is 0.246 e. The molecule has 22 heavy (non-hydrogen) atoms. The number of anilines is 2. The predicted molar refractivity (Wildman–Crippen MR) is 83.7 cm³/mol. The molecule has 0 aliphatic carbocycles. The molecule has 1 aliphatic rings. The number of nitrogens with one attached hydrogen (secondary N) is 2. The topological polar surface area (TPSA) is 76.8 Å². The average molecular weight is 296 g/mol. The summed E-state index contributed by atoms with van der Waals surface area (Å²) in [6, 6.07) is 7.84. The average Bonchev–Trinajstić information content (AvgIpc) is 3.13. The third kappa shape index (κ3) is 2.20. The van der Waals surface area contributed by atoms with E-state index in [-0.39, 0.29) is 12.5 Å². The van der Waals surface area contributed by atoms with Crippen LogP contribution in [0.15, 0.2) is 36.7 Å². The first kappa shape index (κ1) is 12.9. The summed E-state index contributed by atoms with van der Waals surface area (Å²) in [6.07, 6.45) is 4.50. The minimum Gasteiger partial charge on any atom is -0.368 e.